The van der Waals surface area contributed by atoms with Crippen LogP contribution in [0.2, 0.25) is 0 Å². The Morgan fingerprint density at radius 1 is 0.976 bits per heavy atom. The van der Waals surface area contributed by atoms with Gasteiger partial charge in [0.25, 0.3) is 15.9 Å². The topological polar surface area (TPSA) is 122 Å². The second-order valence-electron chi connectivity index (χ2n) is 10.8. The number of nitrogens with zero attached hydrogens (tertiary/aromatic N) is 3. The van der Waals surface area contributed by atoms with Crippen LogP contribution in [-0.2, 0) is 20.2 Å². The van der Waals surface area contributed by atoms with Crippen molar-refractivity contribution in [1.82, 2.24) is 15.0 Å². The Bertz CT molecular complexity index is 1620. The predicted octanol–water partition coefficient (Wildman–Crippen LogP) is 6.00. The molecule has 1 atom stereocenters. The molecule has 0 saturated carbocycles. The zero-order valence-electron chi connectivity index (χ0n) is 24.0. The summed E-state index contributed by atoms with van der Waals surface area (Å²) in [5, 5.41) is 0. The number of benzene rings is 2. The molecule has 0 radical (unpaired) electrons. The molecule has 4 aromatic rings. The maximum Gasteiger partial charge on any atom is 0.263 e. The van der Waals surface area contributed by atoms with Crippen LogP contribution in [-0.4, -0.2) is 49.8 Å². The van der Waals surface area contributed by atoms with E-state index in [9.17, 15) is 8.42 Å². The van der Waals surface area contributed by atoms with Crippen LogP contribution in [0.4, 0.5) is 5.82 Å². The fourth-order valence-corrected chi connectivity index (χ4v) is 5.41. The molecule has 3 heterocycles. The average Bonchev–Trinajstić information content (AvgIpc) is 3.51. The molecule has 2 aromatic heterocycles. The molecule has 1 aliphatic heterocycles. The highest BCUT2D eigenvalue weighted by Crippen LogP contribution is 2.42. The number of nitrogens with one attached hydrogen (secondary N) is 1. The van der Waals surface area contributed by atoms with Crippen LogP contribution in [0.15, 0.2) is 78.0 Å². The van der Waals surface area contributed by atoms with E-state index in [-0.39, 0.29) is 46.3 Å². The van der Waals surface area contributed by atoms with Gasteiger partial charge in [-0.25, -0.2) is 13.4 Å². The number of sulfonamides is 1. The van der Waals surface area contributed by atoms with E-state index in [4.69, 9.17) is 18.9 Å². The van der Waals surface area contributed by atoms with E-state index in [1.807, 2.05) is 0 Å². The number of rotatable bonds is 10. The molecule has 1 N–H and O–H groups in total. The molecule has 0 aliphatic carbocycles. The highest BCUT2D eigenvalue weighted by Gasteiger charge is 2.27. The van der Waals surface area contributed by atoms with Crippen molar-refractivity contribution >= 4 is 15.8 Å². The number of pyridine rings is 1. The molecule has 5 rings (SSSR count). The molecule has 1 fully saturated rings. The van der Waals surface area contributed by atoms with Gasteiger partial charge in [0.05, 0.1) is 18.1 Å². The van der Waals surface area contributed by atoms with Gasteiger partial charge < -0.3 is 18.9 Å². The fraction of sp³-hybridized carbons (Fsp3) is 0.323. The molecule has 10 nitrogen and oxygen atoms in total. The lowest BCUT2D eigenvalue weighted by Crippen LogP contribution is -2.19. The molecule has 11 heteroatoms. The smallest absolute Gasteiger partial charge is 0.263 e. The Kier molecular flexibility index (Phi) is 8.60. The summed E-state index contributed by atoms with van der Waals surface area (Å²) in [6.07, 6.45) is 4.86. The first-order valence-corrected chi connectivity index (χ1v) is 15.1. The van der Waals surface area contributed by atoms with E-state index in [2.05, 4.69) is 40.4 Å². The fourth-order valence-electron chi connectivity index (χ4n) is 4.40. The minimum atomic E-state index is -4.10. The number of methoxy groups -OCH3 is 1. The lowest BCUT2D eigenvalue weighted by atomic mass is 9.87. The van der Waals surface area contributed by atoms with Crippen molar-refractivity contribution in [3.8, 4) is 34.5 Å². The van der Waals surface area contributed by atoms with Gasteiger partial charge in [-0.05, 0) is 60.2 Å². The molecule has 42 heavy (non-hydrogen) atoms. The first kappa shape index (κ1) is 29.3. The standard InChI is InChI=1S/C31H34N4O6S/c1-31(2,3)22-11-13-24(14-12-22)42(36,37)35-29-27(41-26-10-6-5-9-25(26)38-4)30(40-20-23-8-7-19-39-23)34-28(33-29)21-15-17-32-18-16-21/h5-6,9-18,23H,7-8,19-20H2,1-4H3,(H,33,34,35)/t23-/m0/s1. The van der Waals surface area contributed by atoms with Gasteiger partial charge in [-0.1, -0.05) is 45.0 Å². The van der Waals surface area contributed by atoms with Gasteiger partial charge in [-0.2, -0.15) is 4.98 Å². The van der Waals surface area contributed by atoms with E-state index in [1.165, 1.54) is 7.11 Å². The quantitative estimate of drug-likeness (QED) is 0.237. The van der Waals surface area contributed by atoms with Crippen LogP contribution < -0.4 is 18.9 Å². The minimum absolute atomic E-state index is 0.00908. The third kappa shape index (κ3) is 6.80. The predicted molar refractivity (Wildman–Crippen MR) is 159 cm³/mol. The maximum atomic E-state index is 13.7. The zero-order valence-corrected chi connectivity index (χ0v) is 24.8. The van der Waals surface area contributed by atoms with Crippen molar-refractivity contribution in [2.45, 2.75) is 50.0 Å². The van der Waals surface area contributed by atoms with Crippen LogP contribution >= 0.6 is 0 Å². The first-order chi connectivity index (χ1) is 20.1. The van der Waals surface area contributed by atoms with Gasteiger partial charge in [0.15, 0.2) is 23.1 Å². The van der Waals surface area contributed by atoms with Gasteiger partial charge in [0, 0.05) is 24.6 Å². The first-order valence-electron chi connectivity index (χ1n) is 13.6. The summed E-state index contributed by atoms with van der Waals surface area (Å²) in [4.78, 5) is 13.4. The summed E-state index contributed by atoms with van der Waals surface area (Å²) in [7, 11) is -2.58. The summed E-state index contributed by atoms with van der Waals surface area (Å²) < 4.78 is 53.6. The van der Waals surface area contributed by atoms with Crippen LogP contribution in [0.5, 0.6) is 23.1 Å². The highest BCUT2D eigenvalue weighted by atomic mass is 32.2. The van der Waals surface area contributed by atoms with Crippen molar-refractivity contribution in [2.24, 2.45) is 0 Å². The van der Waals surface area contributed by atoms with Gasteiger partial charge in [0.1, 0.15) is 6.61 Å². The Morgan fingerprint density at radius 3 is 2.33 bits per heavy atom. The van der Waals surface area contributed by atoms with Gasteiger partial charge in [-0.3, -0.25) is 9.71 Å². The number of anilines is 1. The molecule has 0 bridgehead atoms. The maximum absolute atomic E-state index is 13.7. The summed E-state index contributed by atoms with van der Waals surface area (Å²) in [5.41, 5.74) is 1.49. The summed E-state index contributed by atoms with van der Waals surface area (Å²) >= 11 is 0. The van der Waals surface area contributed by atoms with Crippen molar-refractivity contribution in [3.63, 3.8) is 0 Å². The largest absolute Gasteiger partial charge is 0.493 e. The number of ether oxygens (including phenoxy) is 4. The SMILES string of the molecule is COc1ccccc1Oc1c(NS(=O)(=O)c2ccc(C(C)(C)C)cc2)nc(-c2ccncc2)nc1OC[C@@H]1CCCO1. The monoisotopic (exact) mass is 590 g/mol. The molecule has 0 spiro atoms. The van der Waals surface area contributed by atoms with E-state index in [1.54, 1.807) is 73.1 Å². The second-order valence-corrected chi connectivity index (χ2v) is 12.5. The van der Waals surface area contributed by atoms with Crippen LogP contribution in [0.1, 0.15) is 39.2 Å². The van der Waals surface area contributed by atoms with E-state index in [0.29, 0.717) is 23.7 Å². The molecule has 1 aliphatic rings. The Hall–Kier alpha value is -4.22. The molecule has 0 amide bonds. The number of para-hydroxylation sites is 2. The summed E-state index contributed by atoms with van der Waals surface area (Å²) in [5.74, 6) is 0.951. The third-order valence-corrected chi connectivity index (χ3v) is 8.10. The van der Waals surface area contributed by atoms with Gasteiger partial charge in [0.2, 0.25) is 5.75 Å². The minimum Gasteiger partial charge on any atom is -0.493 e. The summed E-state index contributed by atoms with van der Waals surface area (Å²) in [6, 6.07) is 17.2. The number of hydrogen-bond acceptors (Lipinski definition) is 9. The molecular weight excluding hydrogens is 556 g/mol. The summed E-state index contributed by atoms with van der Waals surface area (Å²) in [6.45, 7) is 7.06. The molecule has 1 saturated heterocycles. The normalized spacial score (nSPS) is 15.3. The van der Waals surface area contributed by atoms with Crippen molar-refractivity contribution in [3.05, 3.63) is 78.6 Å². The molecule has 220 valence electrons. The van der Waals surface area contributed by atoms with Crippen LogP contribution in [0, 0.1) is 0 Å². The van der Waals surface area contributed by atoms with E-state index >= 15 is 0 Å². The lowest BCUT2D eigenvalue weighted by Gasteiger charge is -2.20. The number of aromatic nitrogens is 3. The second kappa shape index (κ2) is 12.3. The van der Waals surface area contributed by atoms with Crippen LogP contribution in [0.3, 0.4) is 0 Å². The number of hydrogen-bond donors (Lipinski definition) is 1. The van der Waals surface area contributed by atoms with Crippen LogP contribution in [0.25, 0.3) is 11.4 Å². The molecule has 0 unspecified atom stereocenters. The lowest BCUT2D eigenvalue weighted by molar-refractivity contribution is 0.0654. The Balaban J connectivity index is 1.61. The highest BCUT2D eigenvalue weighted by molar-refractivity contribution is 7.92. The van der Waals surface area contributed by atoms with Gasteiger partial charge >= 0.3 is 0 Å². The average molecular weight is 591 g/mol. The van der Waals surface area contributed by atoms with Crippen molar-refractivity contribution in [1.29, 1.82) is 0 Å². The molecular formula is C31H34N4O6S. The molecule has 2 aromatic carbocycles. The Morgan fingerprint density at radius 2 is 1.69 bits per heavy atom. The van der Waals surface area contributed by atoms with Crippen molar-refractivity contribution < 1.29 is 27.4 Å². The van der Waals surface area contributed by atoms with E-state index < -0.39 is 10.0 Å². The Labute approximate surface area is 246 Å². The van der Waals surface area contributed by atoms with Crippen molar-refractivity contribution in [2.75, 3.05) is 25.0 Å². The van der Waals surface area contributed by atoms with E-state index in [0.717, 1.165) is 18.4 Å². The third-order valence-electron chi connectivity index (χ3n) is 6.75. The zero-order chi connectivity index (χ0) is 29.7. The van der Waals surface area contributed by atoms with Gasteiger partial charge in [-0.15, -0.1) is 0 Å².